The molecule has 4 rings (SSSR count). The van der Waals surface area contributed by atoms with Crippen molar-refractivity contribution in [3.63, 3.8) is 0 Å². The van der Waals surface area contributed by atoms with Crippen LogP contribution in [0.15, 0.2) is 48.7 Å². The molecule has 0 aliphatic heterocycles. The quantitative estimate of drug-likeness (QED) is 0.155. The molecule has 0 aliphatic rings. The molecule has 0 saturated heterocycles. The summed E-state index contributed by atoms with van der Waals surface area (Å²) in [7, 11) is 0. The summed E-state index contributed by atoms with van der Waals surface area (Å²) in [6.07, 6.45) is -9.68. The van der Waals surface area contributed by atoms with Crippen LogP contribution in [0.25, 0.3) is 22.5 Å². The molecular weight excluding hydrogens is 737 g/mol. The first-order valence-electron chi connectivity index (χ1n) is 10.9. The third-order valence-electron chi connectivity index (χ3n) is 5.91. The van der Waals surface area contributed by atoms with E-state index in [2.05, 4.69) is 16.0 Å². The van der Waals surface area contributed by atoms with Crippen molar-refractivity contribution >= 4 is 0 Å². The van der Waals surface area contributed by atoms with Gasteiger partial charge in [-0.15, -0.1) is 18.2 Å². The summed E-state index contributed by atoms with van der Waals surface area (Å²) in [6.45, 7) is 2.42. The number of aromatic nitrogens is 2. The van der Waals surface area contributed by atoms with Crippen LogP contribution in [-0.2, 0) is 38.8 Å². The van der Waals surface area contributed by atoms with Gasteiger partial charge in [-0.05, 0) is 23.5 Å². The van der Waals surface area contributed by atoms with Crippen LogP contribution >= 0.6 is 0 Å². The van der Waals surface area contributed by atoms with Crippen LogP contribution in [0.5, 0.6) is 0 Å². The molecule has 2 aromatic heterocycles. The van der Waals surface area contributed by atoms with Gasteiger partial charge in [-0.3, -0.25) is 17.6 Å². The summed E-state index contributed by atoms with van der Waals surface area (Å²) in [5.74, 6) is -7.86. The molecule has 0 bridgehead atoms. The minimum Gasteiger partial charge on any atom is -0.305 e. The van der Waals surface area contributed by atoms with E-state index in [9.17, 15) is 39.5 Å². The van der Waals surface area contributed by atoms with E-state index in [-0.39, 0.29) is 38.5 Å². The fraction of sp³-hybridized carbons (Fsp3) is 0.185. The van der Waals surface area contributed by atoms with Gasteiger partial charge in [-0.25, -0.2) is 0 Å². The van der Waals surface area contributed by atoms with E-state index in [4.69, 9.17) is 0 Å². The molecule has 2 aromatic carbocycles. The largest absolute Gasteiger partial charge is 2.00 e. The zero-order valence-electron chi connectivity index (χ0n) is 20.1. The number of hydrogen-bond donors (Lipinski definition) is 0. The maximum absolute atomic E-state index is 15.4. The van der Waals surface area contributed by atoms with Crippen LogP contribution in [0.2, 0.25) is 0 Å². The second-order valence-corrected chi connectivity index (χ2v) is 8.82. The molecule has 0 aliphatic carbocycles. The van der Waals surface area contributed by atoms with Gasteiger partial charge in [0.1, 0.15) is 0 Å². The average Bonchev–Trinajstić information content (AvgIpc) is 2.83. The second-order valence-electron chi connectivity index (χ2n) is 8.82. The van der Waals surface area contributed by atoms with Crippen molar-refractivity contribution in [1.82, 2.24) is 9.97 Å². The molecule has 0 N–H and O–H groups in total. The summed E-state index contributed by atoms with van der Waals surface area (Å²) in [5, 5.41) is 0. The smallest absolute Gasteiger partial charge is 0.305 e. The second kappa shape index (κ2) is 11.0. The van der Waals surface area contributed by atoms with Gasteiger partial charge in [-0.1, -0.05) is 54.8 Å². The first kappa shape index (κ1) is 31.3. The van der Waals surface area contributed by atoms with E-state index in [1.54, 1.807) is 0 Å². The average molecular weight is 751 g/mol. The number of nitrogens with zero attached hydrogens (tertiary/aromatic N) is 2. The molecule has 13 heteroatoms. The Kier molecular flexibility index (Phi) is 8.56. The maximum Gasteiger partial charge on any atom is 2.00 e. The number of halogens is 10. The SMILES string of the molecule is CC(C)(c1cccc(-c2[c-]cc(F)c(C(F)(F)F)c2F)n1)c1[c-]c(-c2ccccn2)c(F)c(C(F)(F)F)c1F.[Pt+2]. The molecule has 0 saturated carbocycles. The summed E-state index contributed by atoms with van der Waals surface area (Å²) >= 11 is 0. The van der Waals surface area contributed by atoms with Gasteiger partial charge in [0.15, 0.2) is 0 Å². The van der Waals surface area contributed by atoms with Gasteiger partial charge in [0, 0.05) is 28.4 Å². The molecule has 2 heterocycles. The fourth-order valence-electron chi connectivity index (χ4n) is 3.94. The van der Waals surface area contributed by atoms with Crippen molar-refractivity contribution in [3.05, 3.63) is 106 Å². The summed E-state index contributed by atoms with van der Waals surface area (Å²) in [4.78, 5) is 7.84. The number of alkyl halides is 6. The number of benzene rings is 2. The van der Waals surface area contributed by atoms with Crippen LogP contribution in [0.3, 0.4) is 0 Å². The van der Waals surface area contributed by atoms with Crippen LogP contribution in [0, 0.1) is 35.4 Å². The first-order valence-corrected chi connectivity index (χ1v) is 10.9. The Morgan fingerprint density at radius 3 is 1.88 bits per heavy atom. The van der Waals surface area contributed by atoms with Crippen molar-refractivity contribution in [1.29, 1.82) is 0 Å². The van der Waals surface area contributed by atoms with Crippen LogP contribution in [-0.4, -0.2) is 9.97 Å². The molecule has 0 radical (unpaired) electrons. The fourth-order valence-corrected chi connectivity index (χ4v) is 3.94. The normalized spacial score (nSPS) is 12.3. The van der Waals surface area contributed by atoms with Crippen molar-refractivity contribution in [2.45, 2.75) is 31.6 Å². The van der Waals surface area contributed by atoms with Gasteiger partial charge in [-0.2, -0.15) is 26.3 Å². The predicted octanol–water partition coefficient (Wildman–Crippen LogP) is 8.33. The van der Waals surface area contributed by atoms with E-state index < -0.39 is 74.5 Å². The first-order chi connectivity index (χ1) is 18.0. The Balaban J connectivity index is 0.00000441. The van der Waals surface area contributed by atoms with E-state index in [0.717, 1.165) is 6.07 Å². The van der Waals surface area contributed by atoms with Crippen molar-refractivity contribution in [3.8, 4) is 22.5 Å². The monoisotopic (exact) mass is 751 g/mol. The van der Waals surface area contributed by atoms with Crippen molar-refractivity contribution in [2.75, 3.05) is 0 Å². The molecular formula is C27H14F10N2Pt. The van der Waals surface area contributed by atoms with Gasteiger partial charge in [0.05, 0.1) is 23.3 Å². The van der Waals surface area contributed by atoms with Crippen LogP contribution in [0.1, 0.15) is 36.2 Å². The molecule has 4 aromatic rings. The zero-order chi connectivity index (χ0) is 28.9. The number of hydrogen-bond acceptors (Lipinski definition) is 2. The number of pyridine rings is 2. The summed E-state index contributed by atoms with van der Waals surface area (Å²) < 4.78 is 140. The molecule has 0 spiro atoms. The van der Waals surface area contributed by atoms with Crippen LogP contribution in [0.4, 0.5) is 43.9 Å². The molecule has 2 nitrogen and oxygen atoms in total. The molecule has 0 atom stereocenters. The number of rotatable bonds is 4. The van der Waals surface area contributed by atoms with Crippen molar-refractivity contribution < 1.29 is 65.0 Å². The van der Waals surface area contributed by atoms with Crippen molar-refractivity contribution in [2.24, 2.45) is 0 Å². The topological polar surface area (TPSA) is 25.8 Å². The standard InChI is InChI=1S/C27H14F10N2.Pt/c1-25(2,15-12-14(17-6-3-4-11-38-17)23(30)21(24(15)31)27(35,36)37)19-8-5-7-18(39-19)13-9-10-16(28)20(22(13)29)26(32,33)34;/h3-8,10-11H,1-2H3;/q-2;+2. The maximum atomic E-state index is 15.4. The third kappa shape index (κ3) is 5.64. The van der Waals surface area contributed by atoms with E-state index >= 15 is 4.39 Å². The van der Waals surface area contributed by atoms with E-state index in [0.29, 0.717) is 0 Å². The van der Waals surface area contributed by atoms with E-state index in [1.807, 2.05) is 6.07 Å². The molecule has 0 amide bonds. The Labute approximate surface area is 235 Å². The molecule has 0 unspecified atom stereocenters. The van der Waals surface area contributed by atoms with Gasteiger partial charge >= 0.3 is 33.4 Å². The molecule has 0 fully saturated rings. The Bertz CT molecular complexity index is 1550. The summed E-state index contributed by atoms with van der Waals surface area (Å²) in [5.41, 5.74) is -9.68. The third-order valence-corrected chi connectivity index (χ3v) is 5.91. The van der Waals surface area contributed by atoms with E-state index in [1.165, 1.54) is 50.4 Å². The molecule has 212 valence electrons. The Morgan fingerprint density at radius 2 is 1.30 bits per heavy atom. The minimum absolute atomic E-state index is 0. The van der Waals surface area contributed by atoms with Gasteiger partial charge < -0.3 is 9.97 Å². The Hall–Kier alpha value is -3.27. The minimum atomic E-state index is -5.47. The van der Waals surface area contributed by atoms with Crippen LogP contribution < -0.4 is 0 Å². The zero-order valence-corrected chi connectivity index (χ0v) is 22.4. The van der Waals surface area contributed by atoms with Gasteiger partial charge in [0.25, 0.3) is 0 Å². The Morgan fingerprint density at radius 1 is 0.700 bits per heavy atom. The molecule has 40 heavy (non-hydrogen) atoms. The summed E-state index contributed by atoms with van der Waals surface area (Å²) in [6, 6.07) is 12.0. The van der Waals surface area contributed by atoms with Gasteiger partial charge in [0.2, 0.25) is 0 Å². The predicted molar refractivity (Wildman–Crippen MR) is 119 cm³/mol.